The fourth-order valence-corrected chi connectivity index (χ4v) is 6.87. The summed E-state index contributed by atoms with van der Waals surface area (Å²) in [5.41, 5.74) is 8.24. The van der Waals surface area contributed by atoms with E-state index in [2.05, 4.69) is 72.8 Å². The Labute approximate surface area is 318 Å². The Kier molecular flexibility index (Phi) is 15.9. The lowest BCUT2D eigenvalue weighted by Gasteiger charge is -2.23. The van der Waals surface area contributed by atoms with Gasteiger partial charge < -0.3 is 48.1 Å². The summed E-state index contributed by atoms with van der Waals surface area (Å²) in [6.45, 7) is 5.22. The Morgan fingerprint density at radius 1 is 0.389 bits per heavy atom. The summed E-state index contributed by atoms with van der Waals surface area (Å²) in [6.07, 6.45) is 3.34. The van der Waals surface area contributed by atoms with Gasteiger partial charge in [-0.05, 0) is 44.5 Å². The van der Waals surface area contributed by atoms with Gasteiger partial charge in [0.25, 0.3) is 0 Å². The third kappa shape index (κ3) is 11.2. The van der Waals surface area contributed by atoms with Crippen molar-refractivity contribution in [1.29, 1.82) is 0 Å². The van der Waals surface area contributed by atoms with Gasteiger partial charge in [0.1, 0.15) is 36.2 Å². The van der Waals surface area contributed by atoms with Gasteiger partial charge in [-0.3, -0.25) is 0 Å². The molecule has 0 atom stereocenters. The Balaban J connectivity index is 1.48. The van der Waals surface area contributed by atoms with Gasteiger partial charge in [-0.2, -0.15) is 0 Å². The third-order valence-electron chi connectivity index (χ3n) is 9.40. The Hall–Kier alpha value is -4.16. The lowest BCUT2D eigenvalue weighted by molar-refractivity contribution is -0.00706. The molecule has 10 nitrogen and oxygen atoms in total. The van der Waals surface area contributed by atoms with E-state index in [4.69, 9.17) is 37.9 Å². The van der Waals surface area contributed by atoms with E-state index >= 15 is 0 Å². The minimum Gasteiger partial charge on any atom is -0.493 e. The molecule has 0 radical (unpaired) electrons. The second-order valence-electron chi connectivity index (χ2n) is 13.3. The standard InChI is InChI=1S/C44H54O10/c45-15-5-17-51-41-33-7-1-8-34(41)30-38-12-4-14-40-32-36-10-2-9-35(42(36)52-18-6-16-46)31-39-13-3-11-37(29-33)43(39)53-27-25-49-23-21-47-19-20-48-22-24-50-26-28-54-44(38)40/h1-4,7-14,45-46H,5-6,15-32H2. The van der Waals surface area contributed by atoms with Gasteiger partial charge in [0, 0.05) is 51.7 Å². The van der Waals surface area contributed by atoms with Crippen LogP contribution < -0.4 is 18.9 Å². The number of para-hydroxylation sites is 4. The molecule has 4 aromatic carbocycles. The third-order valence-corrected chi connectivity index (χ3v) is 9.40. The molecule has 0 fully saturated rings. The van der Waals surface area contributed by atoms with Crippen LogP contribution in [0.3, 0.4) is 0 Å². The number of hydrogen-bond acceptors (Lipinski definition) is 10. The molecule has 290 valence electrons. The Morgan fingerprint density at radius 3 is 0.963 bits per heavy atom. The maximum absolute atomic E-state index is 9.64. The van der Waals surface area contributed by atoms with E-state index in [9.17, 15) is 10.2 Å². The average Bonchev–Trinajstić information content (AvgIpc) is 3.17. The summed E-state index contributed by atoms with van der Waals surface area (Å²) in [5, 5.41) is 19.3. The smallest absolute Gasteiger partial charge is 0.126 e. The second-order valence-corrected chi connectivity index (χ2v) is 13.3. The van der Waals surface area contributed by atoms with Crippen LogP contribution in [-0.2, 0) is 44.6 Å². The number of hydrogen-bond donors (Lipinski definition) is 2. The molecule has 10 heteroatoms. The average molecular weight is 743 g/mol. The van der Waals surface area contributed by atoms with E-state index in [1.165, 1.54) is 0 Å². The summed E-state index contributed by atoms with van der Waals surface area (Å²) in [5.74, 6) is 3.25. The minimum atomic E-state index is 0.0474. The molecule has 0 unspecified atom stereocenters. The zero-order valence-corrected chi connectivity index (χ0v) is 31.2. The first-order valence-corrected chi connectivity index (χ1v) is 19.2. The van der Waals surface area contributed by atoms with Crippen LogP contribution in [0.5, 0.6) is 23.0 Å². The van der Waals surface area contributed by atoms with Gasteiger partial charge in [-0.15, -0.1) is 0 Å². The summed E-state index contributed by atoms with van der Waals surface area (Å²) in [7, 11) is 0. The van der Waals surface area contributed by atoms with Gasteiger partial charge in [-0.25, -0.2) is 0 Å². The van der Waals surface area contributed by atoms with E-state index in [1.807, 2.05) is 0 Å². The van der Waals surface area contributed by atoms with Crippen LogP contribution in [0.15, 0.2) is 72.8 Å². The fraction of sp³-hybridized carbons (Fsp3) is 0.455. The fourth-order valence-electron chi connectivity index (χ4n) is 6.87. The highest BCUT2D eigenvalue weighted by Crippen LogP contribution is 2.39. The van der Waals surface area contributed by atoms with Crippen molar-refractivity contribution < 1.29 is 48.1 Å². The number of fused-ring (bicyclic) bond motifs is 2. The predicted octanol–water partition coefficient (Wildman–Crippen LogP) is 5.72. The van der Waals surface area contributed by atoms with Crippen molar-refractivity contribution in [3.63, 3.8) is 0 Å². The van der Waals surface area contributed by atoms with Crippen LogP contribution in [0.4, 0.5) is 0 Å². The Bertz CT molecular complexity index is 1530. The first kappa shape index (κ1) is 39.5. The van der Waals surface area contributed by atoms with Crippen molar-refractivity contribution in [3.8, 4) is 23.0 Å². The molecular weight excluding hydrogens is 688 g/mol. The lowest BCUT2D eigenvalue weighted by Crippen LogP contribution is -2.15. The molecular formula is C44H54O10. The van der Waals surface area contributed by atoms with Crippen molar-refractivity contribution >= 4 is 0 Å². The van der Waals surface area contributed by atoms with Gasteiger partial charge in [0.05, 0.1) is 66.1 Å². The number of benzene rings is 4. The van der Waals surface area contributed by atoms with Crippen LogP contribution in [-0.4, -0.2) is 103 Å². The first-order valence-electron chi connectivity index (χ1n) is 19.2. The molecule has 10 bridgehead atoms. The second kappa shape index (κ2) is 21.7. The SMILES string of the molecule is OCCCOc1c2cccc1Cc1cccc3c1OCCOCCOCCOCCOCCOc1c(cccc1Cc1cccc(c1OCCCO)C3)C2. The number of rotatable bonds is 8. The minimum absolute atomic E-state index is 0.0474. The van der Waals surface area contributed by atoms with Crippen molar-refractivity contribution in [3.05, 3.63) is 117 Å². The van der Waals surface area contributed by atoms with Crippen LogP contribution in [0, 0.1) is 0 Å². The quantitative estimate of drug-likeness (QED) is 0.192. The van der Waals surface area contributed by atoms with E-state index in [0.29, 0.717) is 118 Å². The van der Waals surface area contributed by atoms with Crippen molar-refractivity contribution in [2.45, 2.75) is 38.5 Å². The van der Waals surface area contributed by atoms with Gasteiger partial charge in [0.15, 0.2) is 0 Å². The molecule has 1 aliphatic heterocycles. The van der Waals surface area contributed by atoms with E-state index < -0.39 is 0 Å². The highest BCUT2D eigenvalue weighted by atomic mass is 16.6. The molecule has 0 saturated carbocycles. The molecule has 0 spiro atoms. The van der Waals surface area contributed by atoms with Crippen LogP contribution in [0.25, 0.3) is 0 Å². The van der Waals surface area contributed by atoms with Crippen molar-refractivity contribution in [2.24, 2.45) is 0 Å². The van der Waals surface area contributed by atoms with E-state index in [-0.39, 0.29) is 13.2 Å². The molecule has 2 N–H and O–H groups in total. The number of ether oxygens (including phenoxy) is 8. The predicted molar refractivity (Wildman–Crippen MR) is 206 cm³/mol. The summed E-state index contributed by atoms with van der Waals surface area (Å²) >= 11 is 0. The van der Waals surface area contributed by atoms with Gasteiger partial charge in [-0.1, -0.05) is 72.8 Å². The molecule has 0 amide bonds. The topological polar surface area (TPSA) is 114 Å². The molecule has 1 aliphatic carbocycles. The first-order chi connectivity index (χ1) is 26.7. The molecule has 1 heterocycles. The number of aliphatic hydroxyl groups excluding tert-OH is 2. The largest absolute Gasteiger partial charge is 0.493 e. The van der Waals surface area contributed by atoms with Crippen molar-refractivity contribution in [1.82, 2.24) is 0 Å². The van der Waals surface area contributed by atoms with E-state index in [0.717, 1.165) is 67.5 Å². The maximum Gasteiger partial charge on any atom is 0.126 e. The highest BCUT2D eigenvalue weighted by Gasteiger charge is 2.22. The molecule has 0 aromatic heterocycles. The molecule has 54 heavy (non-hydrogen) atoms. The monoisotopic (exact) mass is 742 g/mol. The van der Waals surface area contributed by atoms with E-state index in [1.54, 1.807) is 0 Å². The highest BCUT2D eigenvalue weighted by molar-refractivity contribution is 5.56. The molecule has 0 saturated heterocycles. The summed E-state index contributed by atoms with van der Waals surface area (Å²) < 4.78 is 49.4. The zero-order chi connectivity index (χ0) is 37.2. The zero-order valence-electron chi connectivity index (χ0n) is 31.2. The van der Waals surface area contributed by atoms with Crippen LogP contribution in [0.2, 0.25) is 0 Å². The van der Waals surface area contributed by atoms with Gasteiger partial charge in [0.2, 0.25) is 0 Å². The Morgan fingerprint density at radius 2 is 0.667 bits per heavy atom. The summed E-state index contributed by atoms with van der Waals surface area (Å²) in [6, 6.07) is 25.2. The van der Waals surface area contributed by atoms with Crippen LogP contribution >= 0.6 is 0 Å². The van der Waals surface area contributed by atoms with Gasteiger partial charge >= 0.3 is 0 Å². The lowest BCUT2D eigenvalue weighted by atomic mass is 9.91. The normalized spacial score (nSPS) is 16.1. The molecule has 6 rings (SSSR count). The van der Waals surface area contributed by atoms with Crippen molar-refractivity contribution in [2.75, 3.05) is 92.5 Å². The van der Waals surface area contributed by atoms with Crippen LogP contribution in [0.1, 0.15) is 57.3 Å². The summed E-state index contributed by atoms with van der Waals surface area (Å²) in [4.78, 5) is 0. The molecule has 4 aromatic rings. The maximum atomic E-state index is 9.64. The molecule has 2 aliphatic rings. The number of aliphatic hydroxyl groups is 2.